The first kappa shape index (κ1) is 25.5. The number of amides is 1. The lowest BCUT2D eigenvalue weighted by atomic mass is 9.84. The Labute approximate surface area is 213 Å². The van der Waals surface area contributed by atoms with Crippen molar-refractivity contribution >= 4 is 28.4 Å². The molecule has 0 bridgehead atoms. The second kappa shape index (κ2) is 10.2. The maximum atomic E-state index is 13.4. The first-order valence-electron chi connectivity index (χ1n) is 12.8. The van der Waals surface area contributed by atoms with Crippen molar-refractivity contribution in [2.75, 3.05) is 13.2 Å². The first-order valence-corrected chi connectivity index (χ1v) is 12.8. The van der Waals surface area contributed by atoms with Crippen LogP contribution in [0.4, 0.5) is 0 Å². The van der Waals surface area contributed by atoms with Crippen LogP contribution < -0.4 is 4.74 Å². The number of carbonyl (C=O) groups excluding carboxylic acids is 2. The summed E-state index contributed by atoms with van der Waals surface area (Å²) in [5.74, 6) is -0.625. The van der Waals surface area contributed by atoms with Crippen LogP contribution in [0.15, 0.2) is 54.2 Å². The minimum atomic E-state index is -0.664. The summed E-state index contributed by atoms with van der Waals surface area (Å²) in [7, 11) is 0. The van der Waals surface area contributed by atoms with Crippen LogP contribution in [0.1, 0.15) is 76.6 Å². The number of nitrogens with one attached hydrogen (secondary N) is 1. The number of nitrogens with zero attached hydrogens (tertiary/aromatic N) is 1. The van der Waals surface area contributed by atoms with Crippen LogP contribution in [0, 0.1) is 0 Å². The SMILES string of the molecule is CCCCCN1C(=O)C(=O)/C(=C(/O)c2ccc(OCC)c(C(C)(C)C)c2)C1c1c[nH]c2ccccc12. The zero-order valence-corrected chi connectivity index (χ0v) is 21.9. The van der Waals surface area contributed by atoms with Crippen LogP contribution >= 0.6 is 0 Å². The summed E-state index contributed by atoms with van der Waals surface area (Å²) in [5, 5.41) is 12.5. The van der Waals surface area contributed by atoms with Crippen molar-refractivity contribution in [1.82, 2.24) is 9.88 Å². The number of aliphatic hydroxyl groups is 1. The van der Waals surface area contributed by atoms with Gasteiger partial charge in [0.15, 0.2) is 0 Å². The van der Waals surface area contributed by atoms with Gasteiger partial charge in [-0.25, -0.2) is 0 Å². The van der Waals surface area contributed by atoms with E-state index < -0.39 is 17.7 Å². The summed E-state index contributed by atoms with van der Waals surface area (Å²) >= 11 is 0. The average molecular weight is 489 g/mol. The van der Waals surface area contributed by atoms with Crippen molar-refractivity contribution in [3.63, 3.8) is 0 Å². The lowest BCUT2D eigenvalue weighted by molar-refractivity contribution is -0.139. The van der Waals surface area contributed by atoms with Crippen molar-refractivity contribution in [3.05, 3.63) is 70.9 Å². The summed E-state index contributed by atoms with van der Waals surface area (Å²) in [6.07, 6.45) is 4.60. The van der Waals surface area contributed by atoms with Gasteiger partial charge in [-0.1, -0.05) is 58.7 Å². The van der Waals surface area contributed by atoms with Crippen LogP contribution in [0.3, 0.4) is 0 Å². The highest BCUT2D eigenvalue weighted by molar-refractivity contribution is 6.46. The Morgan fingerprint density at radius 2 is 1.83 bits per heavy atom. The molecule has 4 rings (SSSR count). The number of hydrogen-bond acceptors (Lipinski definition) is 4. The summed E-state index contributed by atoms with van der Waals surface area (Å²) in [4.78, 5) is 31.6. The fourth-order valence-electron chi connectivity index (χ4n) is 4.99. The number of carbonyl (C=O) groups is 2. The number of aromatic amines is 1. The van der Waals surface area contributed by atoms with Crippen molar-refractivity contribution in [3.8, 4) is 5.75 Å². The molecule has 1 unspecified atom stereocenters. The highest BCUT2D eigenvalue weighted by Crippen LogP contribution is 2.43. The molecule has 1 aromatic heterocycles. The van der Waals surface area contributed by atoms with Gasteiger partial charge in [-0.15, -0.1) is 0 Å². The van der Waals surface area contributed by atoms with Crippen molar-refractivity contribution in [2.24, 2.45) is 0 Å². The number of fused-ring (bicyclic) bond motifs is 1. The Hall–Kier alpha value is -3.54. The van der Waals surface area contributed by atoms with Gasteiger partial charge < -0.3 is 19.7 Å². The Bertz CT molecular complexity index is 1310. The zero-order chi connectivity index (χ0) is 26.0. The van der Waals surface area contributed by atoms with Gasteiger partial charge in [0.2, 0.25) is 0 Å². The van der Waals surface area contributed by atoms with Gasteiger partial charge in [-0.3, -0.25) is 9.59 Å². The number of unbranched alkanes of at least 4 members (excludes halogenated alkanes) is 2. The Balaban J connectivity index is 1.90. The molecule has 2 heterocycles. The standard InChI is InChI=1S/C30H36N2O4/c1-6-8-11-16-32-26(21-18-31-23-13-10-9-12-20(21)23)25(28(34)29(32)35)27(33)19-14-15-24(36-7-2)22(17-19)30(3,4)5/h9-10,12-15,17-18,26,31,33H,6-8,11,16H2,1-5H3/b27-25+. The fraction of sp³-hybridized carbons (Fsp3) is 0.400. The van der Waals surface area contributed by atoms with E-state index in [9.17, 15) is 14.7 Å². The molecule has 0 saturated carbocycles. The second-order valence-corrected chi connectivity index (χ2v) is 10.4. The molecule has 1 amide bonds. The maximum Gasteiger partial charge on any atom is 0.295 e. The highest BCUT2D eigenvalue weighted by atomic mass is 16.5. The number of aromatic nitrogens is 1. The predicted molar refractivity (Wildman–Crippen MR) is 143 cm³/mol. The molecular formula is C30H36N2O4. The third-order valence-corrected chi connectivity index (χ3v) is 6.82. The van der Waals surface area contributed by atoms with Gasteiger partial charge in [0.05, 0.1) is 18.2 Å². The van der Waals surface area contributed by atoms with E-state index in [0.717, 1.165) is 47.0 Å². The van der Waals surface area contributed by atoms with E-state index >= 15 is 0 Å². The van der Waals surface area contributed by atoms with E-state index in [4.69, 9.17) is 4.74 Å². The normalized spacial score (nSPS) is 17.8. The van der Waals surface area contributed by atoms with E-state index in [0.29, 0.717) is 18.7 Å². The average Bonchev–Trinajstić information content (AvgIpc) is 3.37. The number of ether oxygens (including phenoxy) is 1. The van der Waals surface area contributed by atoms with E-state index in [1.165, 1.54) is 0 Å². The van der Waals surface area contributed by atoms with E-state index in [1.807, 2.05) is 49.5 Å². The van der Waals surface area contributed by atoms with Gasteiger partial charge in [0.25, 0.3) is 11.7 Å². The van der Waals surface area contributed by atoms with Gasteiger partial charge >= 0.3 is 0 Å². The number of benzene rings is 2. The maximum absolute atomic E-state index is 13.4. The molecule has 190 valence electrons. The molecule has 6 heteroatoms. The van der Waals surface area contributed by atoms with Crippen molar-refractivity contribution < 1.29 is 19.4 Å². The number of likely N-dealkylation sites (tertiary alicyclic amines) is 1. The Kier molecular flexibility index (Phi) is 7.25. The Morgan fingerprint density at radius 1 is 1.08 bits per heavy atom. The smallest absolute Gasteiger partial charge is 0.295 e. The summed E-state index contributed by atoms with van der Waals surface area (Å²) in [6.45, 7) is 11.2. The number of aliphatic hydroxyl groups excluding tert-OH is 1. The lowest BCUT2D eigenvalue weighted by Gasteiger charge is -2.25. The third-order valence-electron chi connectivity index (χ3n) is 6.82. The summed E-state index contributed by atoms with van der Waals surface area (Å²) in [5.41, 5.74) is 3.04. The molecule has 0 radical (unpaired) electrons. The minimum absolute atomic E-state index is 0.130. The molecule has 2 aromatic carbocycles. The minimum Gasteiger partial charge on any atom is -0.507 e. The number of hydrogen-bond donors (Lipinski definition) is 2. The molecule has 1 aliphatic rings. The van der Waals surface area contributed by atoms with Crippen molar-refractivity contribution in [2.45, 2.75) is 65.3 Å². The molecule has 1 fully saturated rings. The molecule has 6 nitrogen and oxygen atoms in total. The van der Waals surface area contributed by atoms with Crippen LogP contribution in [0.5, 0.6) is 5.75 Å². The predicted octanol–water partition coefficient (Wildman–Crippen LogP) is 6.48. The number of Topliss-reactive ketones (excluding diaryl/α,β-unsaturated/α-hetero) is 1. The molecule has 0 spiro atoms. The topological polar surface area (TPSA) is 82.6 Å². The van der Waals surface area contributed by atoms with E-state index in [-0.39, 0.29) is 16.7 Å². The first-order chi connectivity index (χ1) is 17.2. The van der Waals surface area contributed by atoms with E-state index in [2.05, 4.69) is 32.7 Å². The van der Waals surface area contributed by atoms with Crippen molar-refractivity contribution in [1.29, 1.82) is 0 Å². The van der Waals surface area contributed by atoms with Gasteiger partial charge in [0.1, 0.15) is 11.5 Å². The molecular weight excluding hydrogens is 452 g/mol. The molecule has 1 atom stereocenters. The zero-order valence-electron chi connectivity index (χ0n) is 21.9. The summed E-state index contributed by atoms with van der Waals surface area (Å²) < 4.78 is 5.83. The molecule has 3 aromatic rings. The Morgan fingerprint density at radius 3 is 2.53 bits per heavy atom. The van der Waals surface area contributed by atoms with Gasteiger partial charge in [-0.2, -0.15) is 0 Å². The van der Waals surface area contributed by atoms with Crippen LogP contribution in [0.2, 0.25) is 0 Å². The largest absolute Gasteiger partial charge is 0.507 e. The van der Waals surface area contributed by atoms with Crippen LogP contribution in [0.25, 0.3) is 16.7 Å². The number of para-hydroxylation sites is 1. The summed E-state index contributed by atoms with van der Waals surface area (Å²) in [6, 6.07) is 12.6. The van der Waals surface area contributed by atoms with Crippen LogP contribution in [-0.4, -0.2) is 39.8 Å². The fourth-order valence-corrected chi connectivity index (χ4v) is 4.99. The lowest BCUT2D eigenvalue weighted by Crippen LogP contribution is -2.30. The molecule has 1 saturated heterocycles. The molecule has 2 N–H and O–H groups in total. The quantitative estimate of drug-likeness (QED) is 0.165. The molecule has 1 aliphatic heterocycles. The third kappa shape index (κ3) is 4.64. The molecule has 0 aliphatic carbocycles. The molecule has 36 heavy (non-hydrogen) atoms. The highest BCUT2D eigenvalue weighted by Gasteiger charge is 2.46. The monoisotopic (exact) mass is 488 g/mol. The number of rotatable bonds is 8. The van der Waals surface area contributed by atoms with Gasteiger partial charge in [-0.05, 0) is 43.0 Å². The van der Waals surface area contributed by atoms with E-state index in [1.54, 1.807) is 11.0 Å². The number of ketones is 1. The second-order valence-electron chi connectivity index (χ2n) is 10.4. The number of H-pyrrole nitrogens is 1. The van der Waals surface area contributed by atoms with Gasteiger partial charge in [0, 0.05) is 40.3 Å². The van der Waals surface area contributed by atoms with Crippen LogP contribution in [-0.2, 0) is 15.0 Å².